The Labute approximate surface area is 232 Å². The molecule has 0 aliphatic rings. The number of hydrogen-bond donors (Lipinski definition) is 1. The molecule has 3 rings (SSSR count). The van der Waals surface area contributed by atoms with E-state index in [4.69, 9.17) is 34.8 Å². The van der Waals surface area contributed by atoms with Crippen LogP contribution in [0, 0.1) is 0 Å². The van der Waals surface area contributed by atoms with Gasteiger partial charge in [0, 0.05) is 34.2 Å². The zero-order chi connectivity index (χ0) is 27.2. The van der Waals surface area contributed by atoms with E-state index in [1.807, 2.05) is 0 Å². The minimum atomic E-state index is -4.15. The maximum atomic E-state index is 13.8. The largest absolute Gasteiger partial charge is 0.357 e. The molecule has 0 spiro atoms. The second-order valence-corrected chi connectivity index (χ2v) is 11.2. The summed E-state index contributed by atoms with van der Waals surface area (Å²) >= 11 is 18.8. The van der Waals surface area contributed by atoms with E-state index in [9.17, 15) is 18.0 Å². The molecule has 3 aromatic carbocycles. The Morgan fingerprint density at radius 1 is 0.892 bits per heavy atom. The monoisotopic (exact) mass is 581 g/mol. The van der Waals surface area contributed by atoms with Gasteiger partial charge in [-0.25, -0.2) is 8.42 Å². The fourth-order valence-corrected chi connectivity index (χ4v) is 5.87. The smallest absolute Gasteiger partial charge is 0.264 e. The van der Waals surface area contributed by atoms with E-state index in [0.29, 0.717) is 20.6 Å². The normalized spacial score (nSPS) is 12.0. The lowest BCUT2D eigenvalue weighted by Gasteiger charge is -2.33. The van der Waals surface area contributed by atoms with Crippen LogP contribution in [0.15, 0.2) is 77.7 Å². The molecule has 37 heavy (non-hydrogen) atoms. The third kappa shape index (κ3) is 6.76. The minimum absolute atomic E-state index is 0.0109. The van der Waals surface area contributed by atoms with Crippen molar-refractivity contribution in [1.82, 2.24) is 10.2 Å². The zero-order valence-electron chi connectivity index (χ0n) is 20.2. The van der Waals surface area contributed by atoms with Gasteiger partial charge >= 0.3 is 0 Å². The van der Waals surface area contributed by atoms with E-state index in [-0.39, 0.29) is 23.5 Å². The lowest BCUT2D eigenvalue weighted by Crippen LogP contribution is -2.51. The lowest BCUT2D eigenvalue weighted by molar-refractivity contribution is -0.140. The first-order valence-electron chi connectivity index (χ1n) is 11.4. The van der Waals surface area contributed by atoms with Crippen LogP contribution in [0.4, 0.5) is 5.69 Å². The third-order valence-electron chi connectivity index (χ3n) is 5.75. The number of amides is 2. The summed E-state index contributed by atoms with van der Waals surface area (Å²) in [6.07, 6.45) is 0.278. The first-order valence-corrected chi connectivity index (χ1v) is 13.9. The number of likely N-dealkylation sites (N-methyl/N-ethyl adjacent to an activating group) is 1. The number of carbonyl (C=O) groups is 2. The van der Waals surface area contributed by atoms with Gasteiger partial charge in [-0.3, -0.25) is 13.9 Å². The van der Waals surface area contributed by atoms with Gasteiger partial charge in [-0.2, -0.15) is 0 Å². The Morgan fingerprint density at radius 3 is 2.03 bits per heavy atom. The number of nitrogens with zero attached hydrogens (tertiary/aromatic N) is 2. The molecule has 0 radical (unpaired) electrons. The van der Waals surface area contributed by atoms with Crippen LogP contribution in [0.25, 0.3) is 0 Å². The SMILES string of the molecule is CCC(C(=O)NC)N(Cc1c(Cl)cccc1Cl)C(=O)CN(c1ccc(Cl)cc1)S(=O)(=O)c1ccccc1. The van der Waals surface area contributed by atoms with Gasteiger partial charge in [-0.15, -0.1) is 0 Å². The molecule has 0 saturated carbocycles. The molecule has 196 valence electrons. The second-order valence-electron chi connectivity index (χ2n) is 8.06. The van der Waals surface area contributed by atoms with Crippen LogP contribution >= 0.6 is 34.8 Å². The van der Waals surface area contributed by atoms with Gasteiger partial charge in [0.25, 0.3) is 10.0 Å². The van der Waals surface area contributed by atoms with E-state index in [0.717, 1.165) is 4.31 Å². The summed E-state index contributed by atoms with van der Waals surface area (Å²) in [6, 6.07) is 17.9. The average Bonchev–Trinajstić information content (AvgIpc) is 2.89. The molecule has 0 aliphatic heterocycles. The molecule has 7 nitrogen and oxygen atoms in total. The molecule has 1 N–H and O–H groups in total. The summed E-state index contributed by atoms with van der Waals surface area (Å²) in [4.78, 5) is 27.9. The summed E-state index contributed by atoms with van der Waals surface area (Å²) in [5.74, 6) is -1.01. The maximum Gasteiger partial charge on any atom is 0.264 e. The number of nitrogens with one attached hydrogen (secondary N) is 1. The molecule has 0 bridgehead atoms. The van der Waals surface area contributed by atoms with Crippen molar-refractivity contribution in [2.24, 2.45) is 0 Å². The van der Waals surface area contributed by atoms with E-state index in [2.05, 4.69) is 5.32 Å². The highest BCUT2D eigenvalue weighted by Crippen LogP contribution is 2.29. The molecule has 0 saturated heterocycles. The van der Waals surface area contributed by atoms with Crippen molar-refractivity contribution in [3.05, 3.63) is 93.4 Å². The lowest BCUT2D eigenvalue weighted by atomic mass is 10.1. The third-order valence-corrected chi connectivity index (χ3v) is 8.50. The highest BCUT2D eigenvalue weighted by molar-refractivity contribution is 7.92. The minimum Gasteiger partial charge on any atom is -0.357 e. The molecule has 0 heterocycles. The number of sulfonamides is 1. The Kier molecular flexibility index (Phi) is 9.84. The second kappa shape index (κ2) is 12.6. The predicted octanol–water partition coefficient (Wildman–Crippen LogP) is 5.40. The van der Waals surface area contributed by atoms with Gasteiger partial charge < -0.3 is 10.2 Å². The van der Waals surface area contributed by atoms with Gasteiger partial charge in [0.05, 0.1) is 10.6 Å². The van der Waals surface area contributed by atoms with E-state index in [1.165, 1.54) is 48.3 Å². The van der Waals surface area contributed by atoms with Gasteiger partial charge in [-0.1, -0.05) is 66.0 Å². The standard InChI is InChI=1S/C26H26Cl3N3O4S/c1-3-24(26(34)30-2)31(16-21-22(28)10-7-11-23(21)29)25(33)17-32(19-14-12-18(27)13-15-19)37(35,36)20-8-5-4-6-9-20/h4-15,24H,3,16-17H2,1-2H3,(H,30,34). The van der Waals surface area contributed by atoms with Crippen molar-refractivity contribution in [2.75, 3.05) is 17.9 Å². The maximum absolute atomic E-state index is 13.8. The van der Waals surface area contributed by atoms with Gasteiger partial charge in [-0.05, 0) is 55.0 Å². The van der Waals surface area contributed by atoms with Crippen LogP contribution in [-0.2, 0) is 26.2 Å². The number of hydrogen-bond acceptors (Lipinski definition) is 4. The average molecular weight is 583 g/mol. The van der Waals surface area contributed by atoms with Crippen LogP contribution in [0.5, 0.6) is 0 Å². The van der Waals surface area contributed by atoms with Crippen molar-refractivity contribution < 1.29 is 18.0 Å². The summed E-state index contributed by atoms with van der Waals surface area (Å²) in [5.41, 5.74) is 0.691. The molecular weight excluding hydrogens is 557 g/mol. The molecule has 0 aliphatic carbocycles. The highest BCUT2D eigenvalue weighted by atomic mass is 35.5. The van der Waals surface area contributed by atoms with E-state index >= 15 is 0 Å². The summed E-state index contributed by atoms with van der Waals surface area (Å²) in [6.45, 7) is 1.09. The summed E-state index contributed by atoms with van der Waals surface area (Å²) in [5, 5.41) is 3.62. The molecule has 1 unspecified atom stereocenters. The van der Waals surface area contributed by atoms with Crippen molar-refractivity contribution in [3.8, 4) is 0 Å². The molecule has 3 aromatic rings. The zero-order valence-corrected chi connectivity index (χ0v) is 23.3. The predicted molar refractivity (Wildman–Crippen MR) is 148 cm³/mol. The van der Waals surface area contributed by atoms with Gasteiger partial charge in [0.15, 0.2) is 0 Å². The molecular formula is C26H26Cl3N3O4S. The fourth-order valence-electron chi connectivity index (χ4n) is 3.80. The number of benzene rings is 3. The molecule has 0 fully saturated rings. The van der Waals surface area contributed by atoms with Gasteiger partial charge in [0.1, 0.15) is 12.6 Å². The molecule has 11 heteroatoms. The quantitative estimate of drug-likeness (QED) is 0.347. The topological polar surface area (TPSA) is 86.8 Å². The first-order chi connectivity index (χ1) is 17.6. The summed E-state index contributed by atoms with van der Waals surface area (Å²) < 4.78 is 28.3. The van der Waals surface area contributed by atoms with Crippen LogP contribution in [0.3, 0.4) is 0 Å². The first kappa shape index (κ1) is 28.8. The number of anilines is 1. The molecule has 2 amide bonds. The number of rotatable bonds is 10. The molecule has 1 atom stereocenters. The van der Waals surface area contributed by atoms with Crippen LogP contribution in [0.1, 0.15) is 18.9 Å². The highest BCUT2D eigenvalue weighted by Gasteiger charge is 2.34. The van der Waals surface area contributed by atoms with Crippen molar-refractivity contribution in [1.29, 1.82) is 0 Å². The van der Waals surface area contributed by atoms with E-state index < -0.39 is 34.4 Å². The number of halogens is 3. The Balaban J connectivity index is 2.08. The Bertz CT molecular complexity index is 1330. The number of carbonyl (C=O) groups excluding carboxylic acids is 2. The van der Waals surface area contributed by atoms with Crippen LogP contribution in [-0.4, -0.2) is 44.8 Å². The van der Waals surface area contributed by atoms with Gasteiger partial charge in [0.2, 0.25) is 11.8 Å². The van der Waals surface area contributed by atoms with Crippen molar-refractivity contribution in [3.63, 3.8) is 0 Å². The Hall–Kier alpha value is -2.78. The Morgan fingerprint density at radius 2 is 1.49 bits per heavy atom. The molecule has 0 aromatic heterocycles. The van der Waals surface area contributed by atoms with E-state index in [1.54, 1.807) is 43.3 Å². The summed E-state index contributed by atoms with van der Waals surface area (Å²) in [7, 11) is -2.68. The van der Waals surface area contributed by atoms with Crippen LogP contribution < -0.4 is 9.62 Å². The van der Waals surface area contributed by atoms with Crippen molar-refractivity contribution in [2.45, 2.75) is 30.8 Å². The van der Waals surface area contributed by atoms with Crippen LogP contribution in [0.2, 0.25) is 15.1 Å². The van der Waals surface area contributed by atoms with Crippen molar-refractivity contribution >= 4 is 62.3 Å². The fraction of sp³-hybridized carbons (Fsp3) is 0.231.